The van der Waals surface area contributed by atoms with Crippen molar-refractivity contribution in [3.63, 3.8) is 0 Å². The number of nitrogens with zero attached hydrogens (tertiary/aromatic N) is 2. The highest BCUT2D eigenvalue weighted by Crippen LogP contribution is 2.24. The summed E-state index contributed by atoms with van der Waals surface area (Å²) in [7, 11) is 0. The first-order valence-electron chi connectivity index (χ1n) is 9.09. The van der Waals surface area contributed by atoms with E-state index in [1.165, 1.54) is 12.4 Å². The molecule has 148 valence electrons. The molecule has 0 spiro atoms. The first-order chi connectivity index (χ1) is 14.6. The Labute approximate surface area is 183 Å². The van der Waals surface area contributed by atoms with Crippen molar-refractivity contribution in [1.29, 1.82) is 0 Å². The summed E-state index contributed by atoms with van der Waals surface area (Å²) in [6.45, 7) is 0. The van der Waals surface area contributed by atoms with E-state index in [9.17, 15) is 4.79 Å². The van der Waals surface area contributed by atoms with Gasteiger partial charge in [0.15, 0.2) is 0 Å². The van der Waals surface area contributed by atoms with Crippen molar-refractivity contribution in [1.82, 2.24) is 9.97 Å². The van der Waals surface area contributed by atoms with Crippen molar-refractivity contribution < 1.29 is 4.79 Å². The van der Waals surface area contributed by atoms with Gasteiger partial charge in [-0.15, -0.1) is 0 Å². The number of hydrogen-bond acceptors (Lipinski definition) is 4. The minimum absolute atomic E-state index is 0.266. The van der Waals surface area contributed by atoms with E-state index < -0.39 is 0 Å². The van der Waals surface area contributed by atoms with Gasteiger partial charge in [-0.25, -0.2) is 9.97 Å². The summed E-state index contributed by atoms with van der Waals surface area (Å²) < 4.78 is 0. The van der Waals surface area contributed by atoms with Gasteiger partial charge in [-0.2, -0.15) is 0 Å². The van der Waals surface area contributed by atoms with Crippen LogP contribution in [0.3, 0.4) is 0 Å². The molecule has 0 atom stereocenters. The molecule has 2 N–H and O–H groups in total. The van der Waals surface area contributed by atoms with Crippen LogP contribution in [0.4, 0.5) is 17.2 Å². The zero-order chi connectivity index (χ0) is 20.9. The summed E-state index contributed by atoms with van der Waals surface area (Å²) in [5, 5.41) is 6.82. The number of benzene rings is 3. The van der Waals surface area contributed by atoms with E-state index in [0.717, 1.165) is 16.9 Å². The highest BCUT2D eigenvalue weighted by molar-refractivity contribution is 6.42. The maximum absolute atomic E-state index is 12.4. The Morgan fingerprint density at radius 2 is 1.50 bits per heavy atom. The van der Waals surface area contributed by atoms with Crippen LogP contribution in [0, 0.1) is 0 Å². The van der Waals surface area contributed by atoms with Gasteiger partial charge in [0.2, 0.25) is 0 Å². The van der Waals surface area contributed by atoms with Crippen molar-refractivity contribution >= 4 is 46.3 Å². The third-order valence-corrected chi connectivity index (χ3v) is 5.07. The number of amides is 1. The average Bonchev–Trinajstić information content (AvgIpc) is 2.78. The maximum Gasteiger partial charge on any atom is 0.255 e. The molecule has 0 aliphatic heterocycles. The van der Waals surface area contributed by atoms with Gasteiger partial charge in [0.1, 0.15) is 12.1 Å². The van der Waals surface area contributed by atoms with Crippen molar-refractivity contribution in [3.05, 3.63) is 101 Å². The molecule has 0 radical (unpaired) electrons. The lowest BCUT2D eigenvalue weighted by atomic mass is 10.1. The monoisotopic (exact) mass is 434 g/mol. The summed E-state index contributed by atoms with van der Waals surface area (Å²) in [5.74, 6) is 0.411. The Bertz CT molecular complexity index is 1180. The molecule has 0 aliphatic carbocycles. The number of hydrogen-bond donors (Lipinski definition) is 2. The molecule has 0 fully saturated rings. The van der Waals surface area contributed by atoms with E-state index in [0.29, 0.717) is 27.1 Å². The van der Waals surface area contributed by atoms with Gasteiger partial charge >= 0.3 is 0 Å². The molecule has 1 amide bonds. The lowest BCUT2D eigenvalue weighted by Gasteiger charge is -2.09. The van der Waals surface area contributed by atoms with Crippen LogP contribution in [0.2, 0.25) is 10.0 Å². The Morgan fingerprint density at radius 3 is 2.23 bits per heavy atom. The van der Waals surface area contributed by atoms with Crippen molar-refractivity contribution in [2.45, 2.75) is 0 Å². The van der Waals surface area contributed by atoms with Crippen LogP contribution < -0.4 is 10.6 Å². The number of aromatic nitrogens is 2. The lowest BCUT2D eigenvalue weighted by molar-refractivity contribution is 0.102. The van der Waals surface area contributed by atoms with Gasteiger partial charge in [0.05, 0.1) is 15.7 Å². The number of halogens is 2. The Hall–Kier alpha value is -3.41. The Balaban J connectivity index is 1.44. The van der Waals surface area contributed by atoms with Gasteiger partial charge in [0, 0.05) is 28.6 Å². The van der Waals surface area contributed by atoms with Crippen LogP contribution in [0.1, 0.15) is 10.4 Å². The second kappa shape index (κ2) is 8.95. The molecule has 0 bridgehead atoms. The minimum atomic E-state index is -0.266. The van der Waals surface area contributed by atoms with Crippen molar-refractivity contribution in [2.75, 3.05) is 10.6 Å². The summed E-state index contributed by atoms with van der Waals surface area (Å²) >= 11 is 11.9. The summed E-state index contributed by atoms with van der Waals surface area (Å²) in [6, 6.07) is 23.9. The van der Waals surface area contributed by atoms with Crippen LogP contribution in [0.5, 0.6) is 0 Å². The Morgan fingerprint density at radius 1 is 0.767 bits per heavy atom. The second-order valence-corrected chi connectivity index (χ2v) is 7.25. The third kappa shape index (κ3) is 4.76. The number of rotatable bonds is 5. The highest BCUT2D eigenvalue weighted by Gasteiger charge is 2.09. The van der Waals surface area contributed by atoms with Gasteiger partial charge in [0.25, 0.3) is 5.91 Å². The molecule has 0 saturated carbocycles. The van der Waals surface area contributed by atoms with E-state index in [-0.39, 0.29) is 5.91 Å². The molecule has 5 nitrogen and oxygen atoms in total. The fraction of sp³-hybridized carbons (Fsp3) is 0. The molecule has 3 aromatic carbocycles. The van der Waals surface area contributed by atoms with E-state index in [4.69, 9.17) is 23.2 Å². The van der Waals surface area contributed by atoms with Crippen LogP contribution in [-0.2, 0) is 0 Å². The molecule has 0 saturated heterocycles. The second-order valence-electron chi connectivity index (χ2n) is 6.44. The smallest absolute Gasteiger partial charge is 0.255 e. The molecule has 0 unspecified atom stereocenters. The molecule has 4 aromatic rings. The first-order valence-corrected chi connectivity index (χ1v) is 9.85. The number of anilines is 3. The fourth-order valence-corrected chi connectivity index (χ4v) is 3.12. The van der Waals surface area contributed by atoms with Gasteiger partial charge < -0.3 is 10.6 Å². The molecule has 30 heavy (non-hydrogen) atoms. The number of carbonyl (C=O) groups is 1. The van der Waals surface area contributed by atoms with E-state index >= 15 is 0 Å². The molecular formula is C23H16Cl2N4O. The topological polar surface area (TPSA) is 66.9 Å². The molecular weight excluding hydrogens is 419 g/mol. The lowest BCUT2D eigenvalue weighted by Crippen LogP contribution is -2.11. The maximum atomic E-state index is 12.4. The molecule has 1 heterocycles. The van der Waals surface area contributed by atoms with E-state index in [1.54, 1.807) is 24.3 Å². The van der Waals surface area contributed by atoms with Crippen LogP contribution in [0.25, 0.3) is 11.3 Å². The SMILES string of the molecule is O=C(Nc1ccc(Nc2cc(-c3ccccc3)ncn2)cc1)c1ccc(Cl)c(Cl)c1. The zero-order valence-electron chi connectivity index (χ0n) is 15.6. The predicted molar refractivity (Wildman–Crippen MR) is 122 cm³/mol. The van der Waals surface area contributed by atoms with Crippen LogP contribution >= 0.6 is 23.2 Å². The van der Waals surface area contributed by atoms with Crippen molar-refractivity contribution in [3.8, 4) is 11.3 Å². The van der Waals surface area contributed by atoms with Gasteiger partial charge in [-0.05, 0) is 42.5 Å². The van der Waals surface area contributed by atoms with Gasteiger partial charge in [-0.3, -0.25) is 4.79 Å². The molecule has 0 aliphatic rings. The predicted octanol–water partition coefficient (Wildman–Crippen LogP) is 6.45. The van der Waals surface area contributed by atoms with Crippen LogP contribution in [-0.4, -0.2) is 15.9 Å². The molecule has 7 heteroatoms. The molecule has 1 aromatic heterocycles. The average molecular weight is 435 g/mol. The molecule has 4 rings (SSSR count). The standard InChI is InChI=1S/C23H16Cl2N4O/c24-19-11-6-16(12-20(19)25)23(30)29-18-9-7-17(8-10-18)28-22-13-21(26-14-27-22)15-4-2-1-3-5-15/h1-14H,(H,29,30)(H,26,27,28). The largest absolute Gasteiger partial charge is 0.340 e. The number of nitrogens with one attached hydrogen (secondary N) is 2. The highest BCUT2D eigenvalue weighted by atomic mass is 35.5. The summed E-state index contributed by atoms with van der Waals surface area (Å²) in [5.41, 5.74) is 3.77. The quantitative estimate of drug-likeness (QED) is 0.378. The van der Waals surface area contributed by atoms with E-state index in [2.05, 4.69) is 20.6 Å². The number of carbonyl (C=O) groups excluding carboxylic acids is 1. The van der Waals surface area contributed by atoms with Crippen LogP contribution in [0.15, 0.2) is 85.2 Å². The van der Waals surface area contributed by atoms with E-state index in [1.807, 2.05) is 48.5 Å². The normalized spacial score (nSPS) is 10.5. The minimum Gasteiger partial charge on any atom is -0.340 e. The Kier molecular flexibility index (Phi) is 5.93. The van der Waals surface area contributed by atoms with Crippen molar-refractivity contribution in [2.24, 2.45) is 0 Å². The summed E-state index contributed by atoms with van der Waals surface area (Å²) in [6.07, 6.45) is 1.52. The summed E-state index contributed by atoms with van der Waals surface area (Å²) in [4.78, 5) is 21.0. The first kappa shape index (κ1) is 19.9. The third-order valence-electron chi connectivity index (χ3n) is 4.33. The zero-order valence-corrected chi connectivity index (χ0v) is 17.2. The fourth-order valence-electron chi connectivity index (χ4n) is 2.82. The van der Waals surface area contributed by atoms with Gasteiger partial charge in [-0.1, -0.05) is 53.5 Å².